The molecule has 82 valence electrons. The average molecular weight is 235 g/mol. The maximum atomic E-state index is 12.1. The third-order valence-corrected chi connectivity index (χ3v) is 1.93. The Hall–Kier alpha value is -1.17. The molecule has 15 heavy (non-hydrogen) atoms. The van der Waals surface area contributed by atoms with Gasteiger partial charge in [-0.3, -0.25) is 4.79 Å². The van der Waals surface area contributed by atoms with Crippen molar-refractivity contribution in [2.75, 3.05) is 11.1 Å². The highest BCUT2D eigenvalue weighted by Crippen LogP contribution is 2.29. The number of halogens is 3. The molecule has 0 aliphatic carbocycles. The number of amides is 1. The molecule has 0 heterocycles. The molecule has 0 unspecified atom stereocenters. The summed E-state index contributed by atoms with van der Waals surface area (Å²) in [7, 11) is 0. The van der Waals surface area contributed by atoms with Crippen LogP contribution in [0.1, 0.15) is 5.56 Å². The van der Waals surface area contributed by atoms with Gasteiger partial charge in [0.05, 0.1) is 11.3 Å². The Morgan fingerprint density at radius 3 is 2.20 bits per heavy atom. The van der Waals surface area contributed by atoms with Gasteiger partial charge in [0.1, 0.15) is 0 Å². The zero-order valence-corrected chi connectivity index (χ0v) is 8.40. The number of thiol groups is 1. The Bertz CT molecular complexity index is 347. The SMILES string of the molecule is O=C(CS)Nc1ccc(C(F)(F)F)cc1. The van der Waals surface area contributed by atoms with Gasteiger partial charge in [0.2, 0.25) is 5.91 Å². The van der Waals surface area contributed by atoms with E-state index in [2.05, 4.69) is 17.9 Å². The van der Waals surface area contributed by atoms with Gasteiger partial charge < -0.3 is 5.32 Å². The Morgan fingerprint density at radius 1 is 1.27 bits per heavy atom. The lowest BCUT2D eigenvalue weighted by molar-refractivity contribution is -0.137. The van der Waals surface area contributed by atoms with Crippen molar-refractivity contribution in [1.82, 2.24) is 0 Å². The summed E-state index contributed by atoms with van der Waals surface area (Å²) in [6.45, 7) is 0. The summed E-state index contributed by atoms with van der Waals surface area (Å²) in [6, 6.07) is 4.22. The van der Waals surface area contributed by atoms with Gasteiger partial charge in [0, 0.05) is 5.69 Å². The molecule has 0 radical (unpaired) electrons. The zero-order chi connectivity index (χ0) is 11.5. The number of carbonyl (C=O) groups is 1. The first kappa shape index (κ1) is 11.9. The van der Waals surface area contributed by atoms with Gasteiger partial charge in [-0.15, -0.1) is 0 Å². The van der Waals surface area contributed by atoms with Crippen LogP contribution in [-0.4, -0.2) is 11.7 Å². The maximum Gasteiger partial charge on any atom is 0.416 e. The molecule has 1 N–H and O–H groups in total. The highest BCUT2D eigenvalue weighted by molar-refractivity contribution is 7.81. The van der Waals surface area contributed by atoms with Crippen molar-refractivity contribution in [3.63, 3.8) is 0 Å². The summed E-state index contributed by atoms with van der Waals surface area (Å²) < 4.78 is 36.4. The van der Waals surface area contributed by atoms with E-state index in [4.69, 9.17) is 0 Å². The largest absolute Gasteiger partial charge is 0.416 e. The lowest BCUT2D eigenvalue weighted by Crippen LogP contribution is -2.13. The van der Waals surface area contributed by atoms with Crippen molar-refractivity contribution in [3.8, 4) is 0 Å². The molecule has 6 heteroatoms. The summed E-state index contributed by atoms with van der Waals surface area (Å²) in [4.78, 5) is 10.9. The van der Waals surface area contributed by atoms with Crippen LogP contribution in [0, 0.1) is 0 Å². The summed E-state index contributed by atoms with van der Waals surface area (Å²) in [6.07, 6.45) is -4.36. The molecule has 0 aromatic heterocycles. The van der Waals surface area contributed by atoms with Gasteiger partial charge in [-0.1, -0.05) is 0 Å². The van der Waals surface area contributed by atoms with E-state index in [1.807, 2.05) is 0 Å². The van der Waals surface area contributed by atoms with Crippen LogP contribution in [-0.2, 0) is 11.0 Å². The third kappa shape index (κ3) is 3.47. The molecule has 0 spiro atoms. The number of hydrogen-bond donors (Lipinski definition) is 2. The van der Waals surface area contributed by atoms with Crippen LogP contribution >= 0.6 is 12.6 Å². The highest BCUT2D eigenvalue weighted by Gasteiger charge is 2.29. The molecule has 1 aromatic carbocycles. The average Bonchev–Trinajstić information content (AvgIpc) is 2.17. The molecular weight excluding hydrogens is 227 g/mol. The Kier molecular flexibility index (Phi) is 3.62. The quantitative estimate of drug-likeness (QED) is 0.758. The molecule has 1 aromatic rings. The second-order valence-corrected chi connectivity index (χ2v) is 3.10. The molecule has 0 bridgehead atoms. The van der Waals surface area contributed by atoms with Crippen molar-refractivity contribution in [2.24, 2.45) is 0 Å². The standard InChI is InChI=1S/C9H8F3NOS/c10-9(11,12)6-1-3-7(4-2-6)13-8(14)5-15/h1-4,15H,5H2,(H,13,14). The van der Waals surface area contributed by atoms with E-state index in [1.54, 1.807) is 0 Å². The number of alkyl halides is 3. The van der Waals surface area contributed by atoms with Crippen LogP contribution in [0.15, 0.2) is 24.3 Å². The van der Waals surface area contributed by atoms with Crippen molar-refractivity contribution in [2.45, 2.75) is 6.18 Å². The molecule has 0 saturated heterocycles. The molecule has 2 nitrogen and oxygen atoms in total. The first-order valence-corrected chi connectivity index (χ1v) is 4.64. The highest BCUT2D eigenvalue weighted by atomic mass is 32.1. The fourth-order valence-electron chi connectivity index (χ4n) is 0.943. The minimum Gasteiger partial charge on any atom is -0.325 e. The number of hydrogen-bond acceptors (Lipinski definition) is 2. The van der Waals surface area contributed by atoms with Crippen molar-refractivity contribution in [1.29, 1.82) is 0 Å². The summed E-state index contributed by atoms with van der Waals surface area (Å²) in [5, 5.41) is 2.39. The maximum absolute atomic E-state index is 12.1. The van der Waals surface area contributed by atoms with Gasteiger partial charge in [0.25, 0.3) is 0 Å². The predicted octanol–water partition coefficient (Wildman–Crippen LogP) is 2.57. The second kappa shape index (κ2) is 4.57. The van der Waals surface area contributed by atoms with Crippen molar-refractivity contribution < 1.29 is 18.0 Å². The van der Waals surface area contributed by atoms with E-state index in [9.17, 15) is 18.0 Å². The predicted molar refractivity (Wildman–Crippen MR) is 53.9 cm³/mol. The summed E-state index contributed by atoms with van der Waals surface area (Å²) >= 11 is 3.72. The summed E-state index contributed by atoms with van der Waals surface area (Å²) in [5.41, 5.74) is -0.423. The smallest absolute Gasteiger partial charge is 0.325 e. The summed E-state index contributed by atoms with van der Waals surface area (Å²) in [5.74, 6) is -0.376. The fraction of sp³-hybridized carbons (Fsp3) is 0.222. The fourth-order valence-corrected chi connectivity index (χ4v) is 1.02. The second-order valence-electron chi connectivity index (χ2n) is 2.78. The van der Waals surface area contributed by atoms with E-state index in [0.29, 0.717) is 5.69 Å². The first-order chi connectivity index (χ1) is 6.93. The van der Waals surface area contributed by atoms with Gasteiger partial charge in [0.15, 0.2) is 0 Å². The molecular formula is C9H8F3NOS. The molecule has 1 amide bonds. The Morgan fingerprint density at radius 2 is 1.80 bits per heavy atom. The van der Waals surface area contributed by atoms with Crippen molar-refractivity contribution in [3.05, 3.63) is 29.8 Å². The van der Waals surface area contributed by atoms with Crippen LogP contribution in [0.5, 0.6) is 0 Å². The van der Waals surface area contributed by atoms with E-state index in [1.165, 1.54) is 12.1 Å². The van der Waals surface area contributed by atoms with Gasteiger partial charge >= 0.3 is 6.18 Å². The van der Waals surface area contributed by atoms with Gasteiger partial charge in [-0.05, 0) is 24.3 Å². The third-order valence-electron chi connectivity index (χ3n) is 1.64. The Balaban J connectivity index is 2.77. The Labute approximate surface area is 89.9 Å². The van der Waals surface area contributed by atoms with Gasteiger partial charge in [-0.25, -0.2) is 0 Å². The zero-order valence-electron chi connectivity index (χ0n) is 7.51. The molecule has 0 atom stereocenters. The topological polar surface area (TPSA) is 29.1 Å². The normalized spacial score (nSPS) is 11.2. The lowest BCUT2D eigenvalue weighted by atomic mass is 10.2. The molecule has 1 rings (SSSR count). The minimum atomic E-state index is -4.36. The van der Waals surface area contributed by atoms with E-state index >= 15 is 0 Å². The molecule has 0 fully saturated rings. The molecule has 0 saturated carbocycles. The number of nitrogens with one attached hydrogen (secondary N) is 1. The minimum absolute atomic E-state index is 0.0129. The molecule has 0 aliphatic rings. The van der Waals surface area contributed by atoms with Crippen molar-refractivity contribution >= 4 is 24.2 Å². The monoisotopic (exact) mass is 235 g/mol. The number of carbonyl (C=O) groups excluding carboxylic acids is 1. The van der Waals surface area contributed by atoms with Crippen LogP contribution in [0.25, 0.3) is 0 Å². The van der Waals surface area contributed by atoms with Gasteiger partial charge in [-0.2, -0.15) is 25.8 Å². The van der Waals surface area contributed by atoms with Crippen LogP contribution in [0.4, 0.5) is 18.9 Å². The first-order valence-electron chi connectivity index (χ1n) is 4.01. The van der Waals surface area contributed by atoms with E-state index in [0.717, 1.165) is 12.1 Å². The van der Waals surface area contributed by atoms with Crippen LogP contribution < -0.4 is 5.32 Å². The van der Waals surface area contributed by atoms with Crippen LogP contribution in [0.3, 0.4) is 0 Å². The number of benzene rings is 1. The van der Waals surface area contributed by atoms with E-state index < -0.39 is 11.7 Å². The number of rotatable bonds is 2. The van der Waals surface area contributed by atoms with Crippen LogP contribution in [0.2, 0.25) is 0 Å². The number of anilines is 1. The lowest BCUT2D eigenvalue weighted by Gasteiger charge is -2.07. The molecule has 0 aliphatic heterocycles. The van der Waals surface area contributed by atoms with E-state index in [-0.39, 0.29) is 11.7 Å².